The largest absolute Gasteiger partial charge is 0.468 e. The van der Waals surface area contributed by atoms with Gasteiger partial charge in [0.25, 0.3) is 5.69 Å². The topological polar surface area (TPSA) is 111 Å². The zero-order valence-electron chi connectivity index (χ0n) is 12.6. The van der Waals surface area contributed by atoms with Gasteiger partial charge in [-0.3, -0.25) is 19.9 Å². The molecule has 1 aromatic rings. The first-order valence-corrected chi connectivity index (χ1v) is 6.83. The summed E-state index contributed by atoms with van der Waals surface area (Å²) in [5, 5.41) is 16.2. The summed E-state index contributed by atoms with van der Waals surface area (Å²) >= 11 is 0. The van der Waals surface area contributed by atoms with E-state index in [1.165, 1.54) is 36.4 Å². The minimum atomic E-state index is -0.866. The fourth-order valence-corrected chi connectivity index (χ4v) is 2.13. The van der Waals surface area contributed by atoms with E-state index < -0.39 is 22.8 Å². The normalized spacial score (nSPS) is 16.7. The molecule has 1 atom stereocenters. The van der Waals surface area contributed by atoms with Crippen LogP contribution in [0.5, 0.6) is 0 Å². The predicted molar refractivity (Wildman–Crippen MR) is 80.0 cm³/mol. The van der Waals surface area contributed by atoms with Gasteiger partial charge in [-0.2, -0.15) is 5.10 Å². The van der Waals surface area contributed by atoms with Crippen LogP contribution in [0.3, 0.4) is 0 Å². The molecule has 122 valence electrons. The molecule has 2 rings (SSSR count). The molecule has 23 heavy (non-hydrogen) atoms. The molecule has 0 unspecified atom stereocenters. The Balaban J connectivity index is 2.28. The van der Waals surface area contributed by atoms with Crippen molar-refractivity contribution in [3.63, 3.8) is 0 Å². The van der Waals surface area contributed by atoms with Crippen LogP contribution in [0, 0.1) is 16.0 Å². The van der Waals surface area contributed by atoms with Gasteiger partial charge in [0.1, 0.15) is 5.92 Å². The molecule has 1 aromatic carbocycles. The van der Waals surface area contributed by atoms with Crippen molar-refractivity contribution < 1.29 is 24.0 Å². The molecule has 0 aromatic heterocycles. The van der Waals surface area contributed by atoms with E-state index in [0.29, 0.717) is 5.69 Å². The molecule has 0 aliphatic carbocycles. The van der Waals surface area contributed by atoms with Crippen molar-refractivity contribution in [1.82, 2.24) is 0 Å². The number of anilines is 1. The molecule has 1 heterocycles. The third-order valence-corrected chi connectivity index (χ3v) is 3.24. The molecule has 1 aliphatic rings. The SMILES string of the molecule is CCOC(=O)C1=NN(c2ccc([N+](=O)[O-])cc2)C[C@@H]1C(=O)OC. The molecule has 0 N–H and O–H groups in total. The lowest BCUT2D eigenvalue weighted by molar-refractivity contribution is -0.384. The summed E-state index contributed by atoms with van der Waals surface area (Å²) in [7, 11) is 1.22. The molecule has 0 spiro atoms. The zero-order chi connectivity index (χ0) is 17.0. The van der Waals surface area contributed by atoms with Crippen molar-refractivity contribution in [3.05, 3.63) is 34.4 Å². The van der Waals surface area contributed by atoms with Gasteiger partial charge in [0, 0.05) is 12.1 Å². The molecule has 0 radical (unpaired) electrons. The Bertz CT molecular complexity index is 655. The third kappa shape index (κ3) is 3.44. The second kappa shape index (κ2) is 6.86. The number of esters is 2. The van der Waals surface area contributed by atoms with Gasteiger partial charge < -0.3 is 9.47 Å². The highest BCUT2D eigenvalue weighted by atomic mass is 16.6. The van der Waals surface area contributed by atoms with Crippen LogP contribution in [0.4, 0.5) is 11.4 Å². The average Bonchev–Trinajstić information content (AvgIpc) is 2.99. The Morgan fingerprint density at radius 1 is 1.39 bits per heavy atom. The Kier molecular flexibility index (Phi) is 4.89. The fraction of sp³-hybridized carbons (Fsp3) is 0.357. The molecular weight excluding hydrogens is 306 g/mol. The maximum Gasteiger partial charge on any atom is 0.355 e. The first kappa shape index (κ1) is 16.4. The number of benzene rings is 1. The van der Waals surface area contributed by atoms with E-state index in [9.17, 15) is 19.7 Å². The van der Waals surface area contributed by atoms with Gasteiger partial charge in [0.05, 0.1) is 30.9 Å². The molecule has 0 amide bonds. The highest BCUT2D eigenvalue weighted by Gasteiger charge is 2.39. The standard InChI is InChI=1S/C14H15N3O6/c1-3-23-14(19)12-11(13(18)22-2)8-16(15-12)9-4-6-10(7-5-9)17(20)21/h4-7,11H,3,8H2,1-2H3/t11-/m0/s1. The van der Waals surface area contributed by atoms with Crippen molar-refractivity contribution in [1.29, 1.82) is 0 Å². The number of hydrazone groups is 1. The first-order chi connectivity index (χ1) is 11.0. The molecule has 0 fully saturated rings. The molecular formula is C14H15N3O6. The van der Waals surface area contributed by atoms with Gasteiger partial charge in [-0.1, -0.05) is 0 Å². The smallest absolute Gasteiger partial charge is 0.355 e. The van der Waals surface area contributed by atoms with Gasteiger partial charge in [0.15, 0.2) is 5.71 Å². The number of ether oxygens (including phenoxy) is 2. The van der Waals surface area contributed by atoms with Crippen molar-refractivity contribution in [2.75, 3.05) is 25.3 Å². The lowest BCUT2D eigenvalue weighted by Gasteiger charge is -2.14. The first-order valence-electron chi connectivity index (χ1n) is 6.83. The molecule has 0 bridgehead atoms. The lowest BCUT2D eigenvalue weighted by Crippen LogP contribution is -2.32. The van der Waals surface area contributed by atoms with Crippen LogP contribution >= 0.6 is 0 Å². The van der Waals surface area contributed by atoms with Gasteiger partial charge in [0.2, 0.25) is 0 Å². The number of rotatable bonds is 5. The Morgan fingerprint density at radius 3 is 2.57 bits per heavy atom. The average molecular weight is 321 g/mol. The summed E-state index contributed by atoms with van der Waals surface area (Å²) in [5.74, 6) is -2.15. The van der Waals surface area contributed by atoms with Crippen molar-refractivity contribution in [2.24, 2.45) is 11.0 Å². The van der Waals surface area contributed by atoms with Gasteiger partial charge in [-0.05, 0) is 19.1 Å². The maximum absolute atomic E-state index is 11.9. The van der Waals surface area contributed by atoms with Gasteiger partial charge >= 0.3 is 11.9 Å². The van der Waals surface area contributed by atoms with Crippen molar-refractivity contribution >= 4 is 29.0 Å². The molecule has 0 saturated carbocycles. The van der Waals surface area contributed by atoms with Crippen LogP contribution in [0.25, 0.3) is 0 Å². The molecule has 0 saturated heterocycles. The number of non-ortho nitro benzene ring substituents is 1. The van der Waals surface area contributed by atoms with Crippen LogP contribution in [0.2, 0.25) is 0 Å². The highest BCUT2D eigenvalue weighted by molar-refractivity contribution is 6.41. The summed E-state index contributed by atoms with van der Waals surface area (Å²) in [6, 6.07) is 5.62. The van der Waals surface area contributed by atoms with E-state index in [0.717, 1.165) is 0 Å². The summed E-state index contributed by atoms with van der Waals surface area (Å²) in [6.45, 7) is 1.90. The van der Waals surface area contributed by atoms with Crippen molar-refractivity contribution in [2.45, 2.75) is 6.92 Å². The number of nitro groups is 1. The van der Waals surface area contributed by atoms with Crippen molar-refractivity contribution in [3.8, 4) is 0 Å². The number of carbonyl (C=O) groups is 2. The lowest BCUT2D eigenvalue weighted by atomic mass is 10.0. The fourth-order valence-electron chi connectivity index (χ4n) is 2.13. The van der Waals surface area contributed by atoms with Crippen LogP contribution in [0.1, 0.15) is 6.92 Å². The minimum absolute atomic E-state index is 0.0444. The number of nitrogens with zero attached hydrogens (tertiary/aromatic N) is 3. The van der Waals surface area contributed by atoms with E-state index in [1.807, 2.05) is 0 Å². The maximum atomic E-state index is 11.9. The Labute approximate surface area is 131 Å². The monoisotopic (exact) mass is 321 g/mol. The highest BCUT2D eigenvalue weighted by Crippen LogP contribution is 2.25. The van der Waals surface area contributed by atoms with E-state index >= 15 is 0 Å². The molecule has 9 heteroatoms. The molecule has 9 nitrogen and oxygen atoms in total. The van der Waals surface area contributed by atoms with E-state index in [1.54, 1.807) is 6.92 Å². The van der Waals surface area contributed by atoms with Gasteiger partial charge in [-0.15, -0.1) is 0 Å². The number of nitro benzene ring substituents is 1. The summed E-state index contributed by atoms with van der Waals surface area (Å²) in [5.41, 5.74) is 0.410. The number of hydrogen-bond acceptors (Lipinski definition) is 8. The van der Waals surface area contributed by atoms with Crippen LogP contribution in [0.15, 0.2) is 29.4 Å². The van der Waals surface area contributed by atoms with Crippen LogP contribution < -0.4 is 5.01 Å². The number of carbonyl (C=O) groups excluding carboxylic acids is 2. The third-order valence-electron chi connectivity index (χ3n) is 3.24. The number of methoxy groups -OCH3 is 1. The minimum Gasteiger partial charge on any atom is -0.468 e. The van der Waals surface area contributed by atoms with E-state index in [2.05, 4.69) is 9.84 Å². The molecule has 1 aliphatic heterocycles. The predicted octanol–water partition coefficient (Wildman–Crippen LogP) is 1.12. The second-order valence-corrected chi connectivity index (χ2v) is 4.64. The summed E-state index contributed by atoms with van der Waals surface area (Å²) in [4.78, 5) is 33.9. The van der Waals surface area contributed by atoms with E-state index in [-0.39, 0.29) is 24.6 Å². The summed E-state index contributed by atoms with van der Waals surface area (Å²) in [6.07, 6.45) is 0. The Morgan fingerprint density at radius 2 is 2.04 bits per heavy atom. The van der Waals surface area contributed by atoms with E-state index in [4.69, 9.17) is 4.74 Å². The number of hydrogen-bond donors (Lipinski definition) is 0. The Hall–Kier alpha value is -2.97. The van der Waals surface area contributed by atoms with Crippen LogP contribution in [-0.2, 0) is 19.1 Å². The van der Waals surface area contributed by atoms with Crippen LogP contribution in [-0.4, -0.2) is 42.8 Å². The summed E-state index contributed by atoms with van der Waals surface area (Å²) < 4.78 is 9.58. The van der Waals surface area contributed by atoms with Gasteiger partial charge in [-0.25, -0.2) is 4.79 Å². The quantitative estimate of drug-likeness (QED) is 0.454. The zero-order valence-corrected chi connectivity index (χ0v) is 12.6. The second-order valence-electron chi connectivity index (χ2n) is 4.64.